The molecule has 0 saturated heterocycles. The Bertz CT molecular complexity index is 414. The van der Waals surface area contributed by atoms with E-state index in [9.17, 15) is 5.11 Å². The molecule has 3 atom stereocenters. The van der Waals surface area contributed by atoms with Crippen LogP contribution in [0.1, 0.15) is 63.2 Å². The van der Waals surface area contributed by atoms with Gasteiger partial charge >= 0.3 is 0 Å². The van der Waals surface area contributed by atoms with E-state index < -0.39 is 0 Å². The van der Waals surface area contributed by atoms with Crippen molar-refractivity contribution in [1.82, 2.24) is 4.90 Å². The van der Waals surface area contributed by atoms with Gasteiger partial charge in [0.05, 0.1) is 6.10 Å². The van der Waals surface area contributed by atoms with Gasteiger partial charge in [-0.15, -0.1) is 0 Å². The molecular weight excluding hydrogens is 258 g/mol. The predicted molar refractivity (Wildman–Crippen MR) is 89.4 cm³/mol. The first-order valence-corrected chi connectivity index (χ1v) is 8.59. The van der Waals surface area contributed by atoms with Crippen LogP contribution in [0.5, 0.6) is 0 Å². The highest BCUT2D eigenvalue weighted by Crippen LogP contribution is 2.28. The topological polar surface area (TPSA) is 23.5 Å². The Balaban J connectivity index is 1.91. The van der Waals surface area contributed by atoms with Gasteiger partial charge in [-0.1, -0.05) is 57.4 Å². The summed E-state index contributed by atoms with van der Waals surface area (Å²) in [6.07, 6.45) is 7.23. The molecule has 2 nitrogen and oxygen atoms in total. The SMILES string of the molecule is CCCc1ccc(C(O)CN(C)C2CCCCC2C)cc1. The summed E-state index contributed by atoms with van der Waals surface area (Å²) in [5.41, 5.74) is 2.41. The summed E-state index contributed by atoms with van der Waals surface area (Å²) in [7, 11) is 2.17. The van der Waals surface area contributed by atoms with Crippen molar-refractivity contribution in [3.05, 3.63) is 35.4 Å². The summed E-state index contributed by atoms with van der Waals surface area (Å²) in [5, 5.41) is 10.5. The highest BCUT2D eigenvalue weighted by Gasteiger charge is 2.26. The Morgan fingerprint density at radius 3 is 2.48 bits per heavy atom. The molecule has 2 heteroatoms. The Kier molecular flexibility index (Phi) is 6.25. The van der Waals surface area contributed by atoms with Gasteiger partial charge in [-0.25, -0.2) is 0 Å². The first kappa shape index (κ1) is 16.5. The van der Waals surface area contributed by atoms with Crippen LogP contribution in [0.3, 0.4) is 0 Å². The zero-order chi connectivity index (χ0) is 15.2. The van der Waals surface area contributed by atoms with Gasteiger partial charge in [0.2, 0.25) is 0 Å². The molecule has 0 radical (unpaired) electrons. The fourth-order valence-corrected chi connectivity index (χ4v) is 3.66. The molecule has 0 bridgehead atoms. The lowest BCUT2D eigenvalue weighted by atomic mass is 9.85. The van der Waals surface area contributed by atoms with Crippen LogP contribution in [0.15, 0.2) is 24.3 Å². The van der Waals surface area contributed by atoms with Gasteiger partial charge in [0, 0.05) is 12.6 Å². The molecule has 0 amide bonds. The molecule has 1 N–H and O–H groups in total. The molecule has 1 fully saturated rings. The Morgan fingerprint density at radius 1 is 1.19 bits per heavy atom. The average molecular weight is 289 g/mol. The molecule has 0 aromatic heterocycles. The van der Waals surface area contributed by atoms with E-state index >= 15 is 0 Å². The fraction of sp³-hybridized carbons (Fsp3) is 0.684. The molecule has 3 unspecified atom stereocenters. The number of aliphatic hydroxyl groups excluding tert-OH is 1. The zero-order valence-corrected chi connectivity index (χ0v) is 13.9. The van der Waals surface area contributed by atoms with Crippen molar-refractivity contribution >= 4 is 0 Å². The van der Waals surface area contributed by atoms with Crippen molar-refractivity contribution in [2.24, 2.45) is 5.92 Å². The normalized spacial score (nSPS) is 24.2. The number of hydrogen-bond donors (Lipinski definition) is 1. The van der Waals surface area contributed by atoms with Gasteiger partial charge in [-0.2, -0.15) is 0 Å². The van der Waals surface area contributed by atoms with Crippen molar-refractivity contribution < 1.29 is 5.11 Å². The monoisotopic (exact) mass is 289 g/mol. The number of benzene rings is 1. The van der Waals surface area contributed by atoms with Crippen LogP contribution in [0.4, 0.5) is 0 Å². The maximum atomic E-state index is 10.5. The van der Waals surface area contributed by atoms with Crippen LogP contribution in [0, 0.1) is 5.92 Å². The summed E-state index contributed by atoms with van der Waals surface area (Å²) in [6, 6.07) is 9.13. The Labute approximate surface area is 130 Å². The van der Waals surface area contributed by atoms with E-state index in [1.807, 2.05) is 0 Å². The molecule has 0 heterocycles. The first-order valence-electron chi connectivity index (χ1n) is 8.59. The summed E-state index contributed by atoms with van der Waals surface area (Å²) >= 11 is 0. The number of aryl methyl sites for hydroxylation is 1. The minimum absolute atomic E-state index is 0.375. The third-order valence-electron chi connectivity index (χ3n) is 5.00. The second-order valence-corrected chi connectivity index (χ2v) is 6.78. The number of nitrogens with zero attached hydrogens (tertiary/aromatic N) is 1. The average Bonchev–Trinajstić information content (AvgIpc) is 2.48. The van der Waals surface area contributed by atoms with Crippen molar-refractivity contribution in [1.29, 1.82) is 0 Å². The van der Waals surface area contributed by atoms with Crippen molar-refractivity contribution in [3.8, 4) is 0 Å². The fourth-order valence-electron chi connectivity index (χ4n) is 3.66. The van der Waals surface area contributed by atoms with Crippen LogP contribution in [0.2, 0.25) is 0 Å². The minimum atomic E-state index is -0.375. The van der Waals surface area contributed by atoms with Gasteiger partial charge in [-0.3, -0.25) is 0 Å². The summed E-state index contributed by atoms with van der Waals surface area (Å²) in [5.74, 6) is 0.753. The molecule has 1 aromatic rings. The molecule has 0 spiro atoms. The van der Waals surface area contributed by atoms with E-state index in [-0.39, 0.29) is 6.10 Å². The maximum absolute atomic E-state index is 10.5. The van der Waals surface area contributed by atoms with Crippen LogP contribution in [-0.2, 0) is 6.42 Å². The number of hydrogen-bond acceptors (Lipinski definition) is 2. The molecule has 1 aromatic carbocycles. The Morgan fingerprint density at radius 2 is 1.86 bits per heavy atom. The lowest BCUT2D eigenvalue weighted by molar-refractivity contribution is 0.0710. The van der Waals surface area contributed by atoms with Gasteiger partial charge in [-0.05, 0) is 43.4 Å². The Hall–Kier alpha value is -0.860. The van der Waals surface area contributed by atoms with Crippen LogP contribution < -0.4 is 0 Å². The summed E-state index contributed by atoms with van der Waals surface area (Å²) in [6.45, 7) is 5.29. The number of likely N-dealkylation sites (N-methyl/N-ethyl adjacent to an activating group) is 1. The molecule has 21 heavy (non-hydrogen) atoms. The van der Waals surface area contributed by atoms with Gasteiger partial charge < -0.3 is 10.0 Å². The van der Waals surface area contributed by atoms with Crippen LogP contribution >= 0.6 is 0 Å². The van der Waals surface area contributed by atoms with Gasteiger partial charge in [0.25, 0.3) is 0 Å². The van der Waals surface area contributed by atoms with Crippen molar-refractivity contribution in [3.63, 3.8) is 0 Å². The second kappa shape index (κ2) is 7.95. The molecule has 0 aliphatic heterocycles. The van der Waals surface area contributed by atoms with Crippen LogP contribution in [0.25, 0.3) is 0 Å². The molecule has 1 aliphatic carbocycles. The number of rotatable bonds is 6. The molecule has 1 saturated carbocycles. The first-order chi connectivity index (χ1) is 10.1. The summed E-state index contributed by atoms with van der Waals surface area (Å²) in [4.78, 5) is 2.37. The minimum Gasteiger partial charge on any atom is -0.387 e. The highest BCUT2D eigenvalue weighted by molar-refractivity contribution is 5.24. The van der Waals surface area contributed by atoms with E-state index in [1.165, 1.54) is 37.7 Å². The molecule has 2 rings (SSSR count). The predicted octanol–water partition coefficient (Wildman–Crippen LogP) is 4.18. The third kappa shape index (κ3) is 4.55. The molecular formula is C19H31NO. The van der Waals surface area contributed by atoms with Gasteiger partial charge in [0.15, 0.2) is 0 Å². The lowest BCUT2D eigenvalue weighted by Crippen LogP contribution is -2.41. The third-order valence-corrected chi connectivity index (χ3v) is 5.00. The quantitative estimate of drug-likeness (QED) is 0.849. The molecule has 1 aliphatic rings. The van der Waals surface area contributed by atoms with E-state index in [1.54, 1.807) is 0 Å². The highest BCUT2D eigenvalue weighted by atomic mass is 16.3. The van der Waals surface area contributed by atoms with Crippen LogP contribution in [-0.4, -0.2) is 29.6 Å². The lowest BCUT2D eigenvalue weighted by Gasteiger charge is -2.37. The van der Waals surface area contributed by atoms with Gasteiger partial charge in [0.1, 0.15) is 0 Å². The van der Waals surface area contributed by atoms with E-state index in [4.69, 9.17) is 0 Å². The summed E-state index contributed by atoms with van der Waals surface area (Å²) < 4.78 is 0. The standard InChI is InChI=1S/C19H31NO/c1-4-7-16-10-12-17(13-11-16)19(21)14-20(3)18-9-6-5-8-15(18)2/h10-13,15,18-19,21H,4-9,14H2,1-3H3. The smallest absolute Gasteiger partial charge is 0.0916 e. The second-order valence-electron chi connectivity index (χ2n) is 6.78. The van der Waals surface area contributed by atoms with E-state index in [0.29, 0.717) is 6.04 Å². The van der Waals surface area contributed by atoms with Crippen molar-refractivity contribution in [2.75, 3.05) is 13.6 Å². The maximum Gasteiger partial charge on any atom is 0.0916 e. The largest absolute Gasteiger partial charge is 0.387 e. The zero-order valence-electron chi connectivity index (χ0n) is 13.9. The molecule has 118 valence electrons. The van der Waals surface area contributed by atoms with E-state index in [0.717, 1.165) is 24.4 Å². The van der Waals surface area contributed by atoms with E-state index in [2.05, 4.69) is 50.1 Å². The van der Waals surface area contributed by atoms with Crippen molar-refractivity contribution in [2.45, 2.75) is 64.5 Å². The number of aliphatic hydroxyl groups is 1.